The second-order valence-corrected chi connectivity index (χ2v) is 11.1. The Labute approximate surface area is 206 Å². The number of anilines is 1. The van der Waals surface area contributed by atoms with E-state index in [0.717, 1.165) is 22.0 Å². The first-order valence-electron chi connectivity index (χ1n) is 11.5. The Balaban J connectivity index is 1.57. The van der Waals surface area contributed by atoms with Gasteiger partial charge in [-0.25, -0.2) is 8.42 Å². The van der Waals surface area contributed by atoms with Crippen LogP contribution >= 0.6 is 0 Å². The number of aromatic nitrogens is 2. The van der Waals surface area contributed by atoms with Crippen molar-refractivity contribution in [1.82, 2.24) is 15.1 Å². The summed E-state index contributed by atoms with van der Waals surface area (Å²) in [6.07, 6.45) is 0.854. The fourth-order valence-corrected chi connectivity index (χ4v) is 5.36. The number of sulfone groups is 1. The van der Waals surface area contributed by atoms with Crippen molar-refractivity contribution in [1.29, 1.82) is 0 Å². The van der Waals surface area contributed by atoms with Crippen molar-refractivity contribution in [3.63, 3.8) is 0 Å². The molecule has 0 spiro atoms. The van der Waals surface area contributed by atoms with Gasteiger partial charge in [0.1, 0.15) is 5.69 Å². The molecule has 0 unspecified atom stereocenters. The number of benzene rings is 3. The molecular formula is C27H30N4O3S. The first-order valence-corrected chi connectivity index (χ1v) is 13.2. The lowest BCUT2D eigenvalue weighted by atomic mass is 10.1. The van der Waals surface area contributed by atoms with Crippen LogP contribution in [0, 0.1) is 6.92 Å². The standard InChI is InChI=1S/C27H30N4O3S/c1-19-8-4-5-9-20(19)17-26(32)28-22-12-13-25-24(18-22)27(30-29-25)21-10-6-11-23(16-21)35(33,34)15-7-14-31(2)3/h4-6,8-13,16,18H,7,14-15,17H2,1-3H3,(H,28,32)(H,29,30). The first kappa shape index (κ1) is 24.6. The fraction of sp³-hybridized carbons (Fsp3) is 0.259. The molecule has 1 heterocycles. The molecule has 1 amide bonds. The second-order valence-electron chi connectivity index (χ2n) is 8.99. The summed E-state index contributed by atoms with van der Waals surface area (Å²) >= 11 is 0. The summed E-state index contributed by atoms with van der Waals surface area (Å²) < 4.78 is 25.7. The van der Waals surface area contributed by atoms with Crippen LogP contribution in [0.5, 0.6) is 0 Å². The Morgan fingerprint density at radius 1 is 1.03 bits per heavy atom. The van der Waals surface area contributed by atoms with Crippen molar-refractivity contribution < 1.29 is 13.2 Å². The molecule has 0 atom stereocenters. The minimum absolute atomic E-state index is 0.0903. The van der Waals surface area contributed by atoms with Crippen molar-refractivity contribution >= 4 is 32.3 Å². The van der Waals surface area contributed by atoms with E-state index in [4.69, 9.17) is 0 Å². The fourth-order valence-electron chi connectivity index (χ4n) is 4.02. The third-order valence-corrected chi connectivity index (χ3v) is 7.74. The Bertz CT molecular complexity index is 1460. The summed E-state index contributed by atoms with van der Waals surface area (Å²) in [5.41, 5.74) is 4.86. The van der Waals surface area contributed by atoms with Gasteiger partial charge < -0.3 is 10.2 Å². The molecule has 0 saturated carbocycles. The summed E-state index contributed by atoms with van der Waals surface area (Å²) in [6.45, 7) is 2.70. The first-order chi connectivity index (χ1) is 16.7. The Morgan fingerprint density at radius 2 is 1.83 bits per heavy atom. The van der Waals surface area contributed by atoms with E-state index in [2.05, 4.69) is 15.5 Å². The van der Waals surface area contributed by atoms with Gasteiger partial charge in [0, 0.05) is 16.6 Å². The zero-order valence-corrected chi connectivity index (χ0v) is 21.0. The molecule has 3 aromatic carbocycles. The Kier molecular flexibility index (Phi) is 7.33. The van der Waals surface area contributed by atoms with Crippen LogP contribution in [0.4, 0.5) is 5.69 Å². The molecule has 35 heavy (non-hydrogen) atoms. The molecule has 0 aliphatic rings. The largest absolute Gasteiger partial charge is 0.326 e. The van der Waals surface area contributed by atoms with Crippen molar-refractivity contribution in [3.05, 3.63) is 77.9 Å². The molecule has 0 aliphatic carbocycles. The van der Waals surface area contributed by atoms with Crippen molar-refractivity contribution in [2.75, 3.05) is 31.7 Å². The molecule has 4 rings (SSSR count). The zero-order chi connectivity index (χ0) is 25.0. The minimum atomic E-state index is -3.40. The molecule has 0 fully saturated rings. The van der Waals surface area contributed by atoms with Gasteiger partial charge in [-0.3, -0.25) is 9.89 Å². The van der Waals surface area contributed by atoms with Crippen LogP contribution in [0.3, 0.4) is 0 Å². The van der Waals surface area contributed by atoms with Gasteiger partial charge in [-0.15, -0.1) is 0 Å². The molecular weight excluding hydrogens is 460 g/mol. The number of carbonyl (C=O) groups is 1. The molecule has 0 aliphatic heterocycles. The third kappa shape index (κ3) is 5.96. The summed E-state index contributed by atoms with van der Waals surface area (Å²) in [6, 6.07) is 20.2. The van der Waals surface area contributed by atoms with Crippen LogP contribution < -0.4 is 5.32 Å². The number of H-pyrrole nitrogens is 1. The van der Waals surface area contributed by atoms with E-state index in [0.29, 0.717) is 29.9 Å². The third-order valence-electron chi connectivity index (χ3n) is 5.94. The van der Waals surface area contributed by atoms with E-state index in [9.17, 15) is 13.2 Å². The van der Waals surface area contributed by atoms with Gasteiger partial charge in [0.05, 0.1) is 22.6 Å². The van der Waals surface area contributed by atoms with Gasteiger partial charge in [0.15, 0.2) is 9.84 Å². The lowest BCUT2D eigenvalue weighted by Gasteiger charge is -2.10. The number of aromatic amines is 1. The highest BCUT2D eigenvalue weighted by molar-refractivity contribution is 7.91. The quantitative estimate of drug-likeness (QED) is 0.362. The molecule has 2 N–H and O–H groups in total. The number of carbonyl (C=O) groups excluding carboxylic acids is 1. The lowest BCUT2D eigenvalue weighted by molar-refractivity contribution is -0.115. The number of amides is 1. The van der Waals surface area contributed by atoms with E-state index >= 15 is 0 Å². The predicted octanol–water partition coefficient (Wildman–Crippen LogP) is 4.44. The molecule has 182 valence electrons. The van der Waals surface area contributed by atoms with Gasteiger partial charge in [-0.1, -0.05) is 36.4 Å². The molecule has 0 saturated heterocycles. The maximum atomic E-state index is 12.9. The molecule has 0 bridgehead atoms. The van der Waals surface area contributed by atoms with Crippen molar-refractivity contribution in [3.8, 4) is 11.3 Å². The van der Waals surface area contributed by atoms with E-state index in [1.165, 1.54) is 0 Å². The van der Waals surface area contributed by atoms with E-state index in [1.807, 2.05) is 74.4 Å². The number of aryl methyl sites for hydroxylation is 1. The van der Waals surface area contributed by atoms with E-state index < -0.39 is 9.84 Å². The smallest absolute Gasteiger partial charge is 0.228 e. The average Bonchev–Trinajstić information content (AvgIpc) is 3.23. The SMILES string of the molecule is Cc1ccccc1CC(=O)Nc1ccc2[nH]nc(-c3cccc(S(=O)(=O)CCCN(C)C)c3)c2c1. The lowest BCUT2D eigenvalue weighted by Crippen LogP contribution is -2.17. The summed E-state index contributed by atoms with van der Waals surface area (Å²) in [5, 5.41) is 11.2. The molecule has 7 nitrogen and oxygen atoms in total. The highest BCUT2D eigenvalue weighted by atomic mass is 32.2. The number of nitrogens with one attached hydrogen (secondary N) is 2. The normalized spacial score (nSPS) is 11.8. The molecule has 0 radical (unpaired) electrons. The van der Waals surface area contributed by atoms with Gasteiger partial charge in [-0.2, -0.15) is 5.10 Å². The van der Waals surface area contributed by atoms with E-state index in [-0.39, 0.29) is 23.0 Å². The van der Waals surface area contributed by atoms with Crippen molar-refractivity contribution in [2.45, 2.75) is 24.7 Å². The maximum absolute atomic E-state index is 12.9. The molecule has 8 heteroatoms. The molecule has 1 aromatic heterocycles. The number of hydrogen-bond donors (Lipinski definition) is 2. The Morgan fingerprint density at radius 3 is 2.60 bits per heavy atom. The number of rotatable bonds is 9. The molecule has 4 aromatic rings. The predicted molar refractivity (Wildman–Crippen MR) is 140 cm³/mol. The van der Waals surface area contributed by atoms with Crippen LogP contribution in [0.2, 0.25) is 0 Å². The van der Waals surface area contributed by atoms with Crippen LogP contribution in [-0.4, -0.2) is 55.8 Å². The van der Waals surface area contributed by atoms with Gasteiger partial charge in [0.25, 0.3) is 0 Å². The van der Waals surface area contributed by atoms with Crippen LogP contribution in [0.1, 0.15) is 17.5 Å². The summed E-state index contributed by atoms with van der Waals surface area (Å²) in [4.78, 5) is 14.9. The topological polar surface area (TPSA) is 95.2 Å². The van der Waals surface area contributed by atoms with Crippen LogP contribution in [0.15, 0.2) is 71.6 Å². The average molecular weight is 491 g/mol. The van der Waals surface area contributed by atoms with Gasteiger partial charge >= 0.3 is 0 Å². The van der Waals surface area contributed by atoms with Gasteiger partial charge in [-0.05, 0) is 75.4 Å². The highest BCUT2D eigenvalue weighted by Gasteiger charge is 2.17. The minimum Gasteiger partial charge on any atom is -0.326 e. The summed E-state index contributed by atoms with van der Waals surface area (Å²) in [5.74, 6) is -0.0120. The monoisotopic (exact) mass is 490 g/mol. The summed E-state index contributed by atoms with van der Waals surface area (Å²) in [7, 11) is 0.450. The highest BCUT2D eigenvalue weighted by Crippen LogP contribution is 2.30. The maximum Gasteiger partial charge on any atom is 0.228 e. The number of fused-ring (bicyclic) bond motifs is 1. The zero-order valence-electron chi connectivity index (χ0n) is 20.2. The van der Waals surface area contributed by atoms with Gasteiger partial charge in [0.2, 0.25) is 5.91 Å². The Hall–Kier alpha value is -3.49. The van der Waals surface area contributed by atoms with E-state index in [1.54, 1.807) is 18.2 Å². The second kappa shape index (κ2) is 10.4. The number of nitrogens with zero attached hydrogens (tertiary/aromatic N) is 2. The van der Waals surface area contributed by atoms with Crippen LogP contribution in [0.25, 0.3) is 22.2 Å². The number of hydrogen-bond acceptors (Lipinski definition) is 5. The van der Waals surface area contributed by atoms with Crippen molar-refractivity contribution in [2.24, 2.45) is 0 Å². The van der Waals surface area contributed by atoms with Crippen LogP contribution in [-0.2, 0) is 21.1 Å².